The van der Waals surface area contributed by atoms with Crippen molar-refractivity contribution >= 4 is 5.91 Å². The van der Waals surface area contributed by atoms with E-state index in [0.29, 0.717) is 12.2 Å². The van der Waals surface area contributed by atoms with Crippen molar-refractivity contribution in [2.75, 3.05) is 0 Å². The van der Waals surface area contributed by atoms with Crippen LogP contribution in [0.5, 0.6) is 0 Å². The first-order valence-corrected chi connectivity index (χ1v) is 6.71. The molecular weight excluding hydrogens is 252 g/mol. The lowest BCUT2D eigenvalue weighted by atomic mass is 10.0. The molecule has 3 N–H and O–H groups in total. The molecule has 0 unspecified atom stereocenters. The van der Waals surface area contributed by atoms with E-state index in [1.165, 1.54) is 5.56 Å². The van der Waals surface area contributed by atoms with E-state index in [-0.39, 0.29) is 11.4 Å². The lowest BCUT2D eigenvalue weighted by molar-refractivity contribution is 0.0946. The minimum Gasteiger partial charge on any atom is -0.347 e. The van der Waals surface area contributed by atoms with Crippen molar-refractivity contribution in [1.29, 1.82) is 0 Å². The molecule has 0 spiro atoms. The average Bonchev–Trinajstić information content (AvgIpc) is 3.05. The van der Waals surface area contributed by atoms with E-state index >= 15 is 0 Å². The second-order valence-corrected chi connectivity index (χ2v) is 5.46. The van der Waals surface area contributed by atoms with E-state index in [2.05, 4.69) is 22.4 Å². The summed E-state index contributed by atoms with van der Waals surface area (Å²) in [6.07, 6.45) is 5.43. The Labute approximate surface area is 117 Å². The topological polar surface area (TPSA) is 72.9 Å². The monoisotopic (exact) mass is 270 g/mol. The highest BCUT2D eigenvalue weighted by atomic mass is 16.1. The van der Waals surface area contributed by atoms with Crippen molar-refractivity contribution < 1.29 is 4.79 Å². The molecule has 1 amide bonds. The van der Waals surface area contributed by atoms with Gasteiger partial charge in [0, 0.05) is 25.3 Å². The van der Waals surface area contributed by atoms with Gasteiger partial charge in [0.25, 0.3) is 5.91 Å². The van der Waals surface area contributed by atoms with E-state index in [9.17, 15) is 4.79 Å². The van der Waals surface area contributed by atoms with Gasteiger partial charge >= 0.3 is 0 Å². The van der Waals surface area contributed by atoms with Crippen LogP contribution in [0.1, 0.15) is 34.5 Å². The maximum absolute atomic E-state index is 11.9. The van der Waals surface area contributed by atoms with Gasteiger partial charge in [-0.3, -0.25) is 4.79 Å². The van der Waals surface area contributed by atoms with Gasteiger partial charge in [-0.25, -0.2) is 4.98 Å². The first-order valence-electron chi connectivity index (χ1n) is 6.71. The zero-order valence-corrected chi connectivity index (χ0v) is 11.5. The van der Waals surface area contributed by atoms with E-state index in [4.69, 9.17) is 5.73 Å². The molecule has 5 nitrogen and oxygen atoms in total. The fourth-order valence-electron chi connectivity index (χ4n) is 2.18. The number of carbonyl (C=O) groups excluding carboxylic acids is 1. The zero-order chi connectivity index (χ0) is 14.2. The molecule has 0 bridgehead atoms. The van der Waals surface area contributed by atoms with Gasteiger partial charge in [0.05, 0.1) is 6.33 Å². The van der Waals surface area contributed by atoms with Crippen LogP contribution in [0.4, 0.5) is 0 Å². The summed E-state index contributed by atoms with van der Waals surface area (Å²) in [5, 5.41) is 2.86. The summed E-state index contributed by atoms with van der Waals surface area (Å²) in [4.78, 5) is 15.9. The van der Waals surface area contributed by atoms with Gasteiger partial charge in [-0.1, -0.05) is 24.3 Å². The summed E-state index contributed by atoms with van der Waals surface area (Å²) in [6.45, 7) is 0.493. The van der Waals surface area contributed by atoms with Crippen LogP contribution in [0.15, 0.2) is 36.8 Å². The smallest absolute Gasteiger partial charge is 0.271 e. The summed E-state index contributed by atoms with van der Waals surface area (Å²) < 4.78 is 1.75. The number of benzene rings is 1. The van der Waals surface area contributed by atoms with Gasteiger partial charge in [0.1, 0.15) is 5.69 Å². The normalized spacial score (nSPS) is 15.9. The lowest BCUT2D eigenvalue weighted by Gasteiger charge is -2.10. The van der Waals surface area contributed by atoms with Crippen LogP contribution in [-0.2, 0) is 19.1 Å². The Balaban J connectivity index is 1.59. The number of aromatic nitrogens is 2. The molecule has 20 heavy (non-hydrogen) atoms. The highest BCUT2D eigenvalue weighted by Crippen LogP contribution is 2.42. The van der Waals surface area contributed by atoms with E-state index in [0.717, 1.165) is 18.4 Å². The molecule has 0 atom stereocenters. The van der Waals surface area contributed by atoms with Crippen LogP contribution in [-0.4, -0.2) is 15.5 Å². The molecule has 0 saturated heterocycles. The Bertz CT molecular complexity index is 626. The number of nitrogens with zero attached hydrogens (tertiary/aromatic N) is 2. The molecule has 104 valence electrons. The molecule has 5 heteroatoms. The second-order valence-electron chi connectivity index (χ2n) is 5.46. The lowest BCUT2D eigenvalue weighted by Crippen LogP contribution is -2.23. The highest BCUT2D eigenvalue weighted by molar-refractivity contribution is 5.91. The predicted molar refractivity (Wildman–Crippen MR) is 75.9 cm³/mol. The average molecular weight is 270 g/mol. The Morgan fingerprint density at radius 1 is 1.40 bits per heavy atom. The van der Waals surface area contributed by atoms with Crippen molar-refractivity contribution in [3.8, 4) is 0 Å². The third-order valence-corrected chi connectivity index (χ3v) is 3.71. The minimum absolute atomic E-state index is 0.101. The Morgan fingerprint density at radius 2 is 2.10 bits per heavy atom. The number of amides is 1. The fraction of sp³-hybridized carbons (Fsp3) is 0.333. The maximum Gasteiger partial charge on any atom is 0.271 e. The number of nitrogens with one attached hydrogen (secondary N) is 1. The minimum atomic E-state index is -0.160. The van der Waals surface area contributed by atoms with Gasteiger partial charge in [-0.15, -0.1) is 0 Å². The van der Waals surface area contributed by atoms with Gasteiger partial charge in [0.15, 0.2) is 0 Å². The molecule has 0 radical (unpaired) electrons. The van der Waals surface area contributed by atoms with Crippen LogP contribution in [0, 0.1) is 0 Å². The molecule has 2 aromatic rings. The van der Waals surface area contributed by atoms with E-state index in [1.54, 1.807) is 17.1 Å². The van der Waals surface area contributed by atoms with Crippen LogP contribution in [0.25, 0.3) is 0 Å². The Kier molecular flexibility index (Phi) is 3.06. The first-order chi connectivity index (χ1) is 9.57. The Hall–Kier alpha value is -2.14. The maximum atomic E-state index is 11.9. The molecule has 3 rings (SSSR count). The standard InChI is InChI=1S/C15H18N4O/c1-19-9-13(18-10-19)14(20)17-8-11-2-4-12(5-3-11)15(16)6-7-15/h2-5,9-10H,6-8,16H2,1H3,(H,17,20). The fourth-order valence-corrected chi connectivity index (χ4v) is 2.18. The highest BCUT2D eigenvalue weighted by Gasteiger charge is 2.39. The molecule has 1 aromatic carbocycles. The number of aryl methyl sites for hydroxylation is 1. The molecule has 1 aliphatic rings. The summed E-state index contributed by atoms with van der Waals surface area (Å²) in [7, 11) is 1.84. The molecule has 1 fully saturated rings. The largest absolute Gasteiger partial charge is 0.347 e. The number of hydrogen-bond donors (Lipinski definition) is 2. The van der Waals surface area contributed by atoms with E-state index in [1.807, 2.05) is 19.2 Å². The molecule has 1 aromatic heterocycles. The summed E-state index contributed by atoms with van der Waals surface area (Å²) >= 11 is 0. The molecule has 1 heterocycles. The quantitative estimate of drug-likeness (QED) is 0.879. The number of carbonyl (C=O) groups is 1. The van der Waals surface area contributed by atoms with Crippen molar-refractivity contribution in [1.82, 2.24) is 14.9 Å². The third kappa shape index (κ3) is 2.58. The van der Waals surface area contributed by atoms with Gasteiger partial charge in [0.2, 0.25) is 0 Å². The van der Waals surface area contributed by atoms with Crippen molar-refractivity contribution in [2.24, 2.45) is 12.8 Å². The van der Waals surface area contributed by atoms with Gasteiger partial charge in [-0.05, 0) is 24.0 Å². The van der Waals surface area contributed by atoms with Gasteiger partial charge < -0.3 is 15.6 Å². The van der Waals surface area contributed by atoms with Gasteiger partial charge in [-0.2, -0.15) is 0 Å². The van der Waals surface area contributed by atoms with Crippen LogP contribution >= 0.6 is 0 Å². The molecular formula is C15H18N4O. The van der Waals surface area contributed by atoms with Crippen LogP contribution in [0.3, 0.4) is 0 Å². The number of nitrogens with two attached hydrogens (primary N) is 1. The third-order valence-electron chi connectivity index (χ3n) is 3.71. The van der Waals surface area contributed by atoms with Crippen molar-refractivity contribution in [2.45, 2.75) is 24.9 Å². The van der Waals surface area contributed by atoms with Crippen LogP contribution in [0.2, 0.25) is 0 Å². The zero-order valence-electron chi connectivity index (χ0n) is 11.5. The van der Waals surface area contributed by atoms with Crippen LogP contribution < -0.4 is 11.1 Å². The first kappa shape index (κ1) is 12.9. The van der Waals surface area contributed by atoms with E-state index < -0.39 is 0 Å². The molecule has 1 aliphatic carbocycles. The number of hydrogen-bond acceptors (Lipinski definition) is 3. The summed E-state index contributed by atoms with van der Waals surface area (Å²) in [5.74, 6) is -0.160. The van der Waals surface area contributed by atoms with Crippen molar-refractivity contribution in [3.05, 3.63) is 53.6 Å². The number of rotatable bonds is 4. The second kappa shape index (κ2) is 4.76. The molecule has 0 aliphatic heterocycles. The SMILES string of the molecule is Cn1cnc(C(=O)NCc2ccc(C3(N)CC3)cc2)c1. The van der Waals surface area contributed by atoms with Crippen molar-refractivity contribution in [3.63, 3.8) is 0 Å². The summed E-state index contributed by atoms with van der Waals surface area (Å²) in [5.41, 5.74) is 8.71. The number of imidazole rings is 1. The predicted octanol–water partition coefficient (Wildman–Crippen LogP) is 1.30. The summed E-state index contributed by atoms with van der Waals surface area (Å²) in [6, 6.07) is 8.13. The molecule has 1 saturated carbocycles. The Morgan fingerprint density at radius 3 is 2.65 bits per heavy atom.